The fraction of sp³-hybridized carbons (Fsp3) is 0.133. The molecular formula is C15H13N3O3. The van der Waals surface area contributed by atoms with Crippen LogP contribution >= 0.6 is 0 Å². The molecule has 2 aromatic carbocycles. The van der Waals surface area contributed by atoms with Crippen molar-refractivity contribution in [3.8, 4) is 11.8 Å². The van der Waals surface area contributed by atoms with Crippen molar-refractivity contribution >= 4 is 11.4 Å². The van der Waals surface area contributed by atoms with Gasteiger partial charge in [-0.25, -0.2) is 0 Å². The van der Waals surface area contributed by atoms with Crippen LogP contribution in [0.3, 0.4) is 0 Å². The summed E-state index contributed by atoms with van der Waals surface area (Å²) in [5.41, 5.74) is 7.21. The molecule has 2 rings (SSSR count). The molecular weight excluding hydrogens is 270 g/mol. The van der Waals surface area contributed by atoms with E-state index in [-0.39, 0.29) is 18.0 Å². The second-order valence-corrected chi connectivity index (χ2v) is 4.37. The van der Waals surface area contributed by atoms with Gasteiger partial charge in [-0.2, -0.15) is 5.26 Å². The molecule has 0 aliphatic carbocycles. The summed E-state index contributed by atoms with van der Waals surface area (Å²) in [5.74, 6) is 0.614. The number of nitrogens with two attached hydrogens (primary N) is 1. The van der Waals surface area contributed by atoms with Crippen LogP contribution in [-0.2, 0) is 13.0 Å². The number of anilines is 1. The lowest BCUT2D eigenvalue weighted by Crippen LogP contribution is -2.03. The van der Waals surface area contributed by atoms with Crippen LogP contribution in [0.25, 0.3) is 0 Å². The number of nitro benzene ring substituents is 1. The highest BCUT2D eigenvalue weighted by molar-refractivity contribution is 5.62. The molecule has 0 heterocycles. The van der Waals surface area contributed by atoms with Gasteiger partial charge in [0, 0.05) is 11.6 Å². The van der Waals surface area contributed by atoms with Gasteiger partial charge in [-0.3, -0.25) is 10.1 Å². The summed E-state index contributed by atoms with van der Waals surface area (Å²) < 4.78 is 5.56. The average Bonchev–Trinajstić information content (AvgIpc) is 2.48. The number of rotatable bonds is 5. The molecule has 106 valence electrons. The number of benzene rings is 2. The van der Waals surface area contributed by atoms with Crippen LogP contribution in [0.1, 0.15) is 11.1 Å². The lowest BCUT2D eigenvalue weighted by molar-refractivity contribution is -0.384. The molecule has 0 saturated heterocycles. The molecule has 0 unspecified atom stereocenters. The van der Waals surface area contributed by atoms with E-state index < -0.39 is 4.92 Å². The van der Waals surface area contributed by atoms with Gasteiger partial charge in [0.1, 0.15) is 18.0 Å². The number of para-hydroxylation sites is 1. The van der Waals surface area contributed by atoms with E-state index in [0.29, 0.717) is 17.7 Å². The molecule has 2 aromatic rings. The molecule has 0 aliphatic rings. The Kier molecular flexibility index (Phi) is 4.36. The van der Waals surface area contributed by atoms with Gasteiger partial charge in [0.15, 0.2) is 0 Å². The second kappa shape index (κ2) is 6.39. The molecule has 6 nitrogen and oxygen atoms in total. The van der Waals surface area contributed by atoms with E-state index in [1.807, 2.05) is 0 Å². The van der Waals surface area contributed by atoms with Crippen LogP contribution in [0, 0.1) is 21.4 Å². The highest BCUT2D eigenvalue weighted by Crippen LogP contribution is 2.26. The third-order valence-electron chi connectivity index (χ3n) is 2.97. The predicted molar refractivity (Wildman–Crippen MR) is 77.6 cm³/mol. The largest absolute Gasteiger partial charge is 0.489 e. The van der Waals surface area contributed by atoms with E-state index in [1.54, 1.807) is 36.4 Å². The van der Waals surface area contributed by atoms with Gasteiger partial charge >= 0.3 is 0 Å². The van der Waals surface area contributed by atoms with E-state index in [0.717, 1.165) is 5.56 Å². The zero-order valence-corrected chi connectivity index (χ0v) is 11.2. The maximum Gasteiger partial charge on any atom is 0.292 e. The van der Waals surface area contributed by atoms with Crippen LogP contribution in [-0.4, -0.2) is 4.92 Å². The lowest BCUT2D eigenvalue weighted by Gasteiger charge is -2.09. The molecule has 0 amide bonds. The van der Waals surface area contributed by atoms with Crippen molar-refractivity contribution in [1.29, 1.82) is 5.26 Å². The quantitative estimate of drug-likeness (QED) is 0.516. The maximum atomic E-state index is 10.8. The third kappa shape index (κ3) is 3.48. The first kappa shape index (κ1) is 14.3. The van der Waals surface area contributed by atoms with Crippen LogP contribution in [0.2, 0.25) is 0 Å². The number of nitrogen functional groups attached to an aromatic ring is 1. The fourth-order valence-corrected chi connectivity index (χ4v) is 1.84. The predicted octanol–water partition coefficient (Wildman–Crippen LogP) is 2.82. The SMILES string of the molecule is N#CCc1ccc(OCc2cccc([N+](=O)[O-])c2N)cc1. The molecule has 0 bridgehead atoms. The van der Waals surface area contributed by atoms with E-state index in [9.17, 15) is 10.1 Å². The topological polar surface area (TPSA) is 102 Å². The molecule has 21 heavy (non-hydrogen) atoms. The van der Waals surface area contributed by atoms with E-state index in [1.165, 1.54) is 6.07 Å². The van der Waals surface area contributed by atoms with Gasteiger partial charge < -0.3 is 10.5 Å². The molecule has 0 atom stereocenters. The minimum Gasteiger partial charge on any atom is -0.489 e. The Hall–Kier alpha value is -3.07. The zero-order chi connectivity index (χ0) is 15.2. The Morgan fingerprint density at radius 2 is 1.95 bits per heavy atom. The normalized spacial score (nSPS) is 9.86. The summed E-state index contributed by atoms with van der Waals surface area (Å²) in [6.45, 7) is 0.144. The molecule has 0 radical (unpaired) electrons. The fourth-order valence-electron chi connectivity index (χ4n) is 1.84. The highest BCUT2D eigenvalue weighted by Gasteiger charge is 2.14. The van der Waals surface area contributed by atoms with Crippen LogP contribution in [0.4, 0.5) is 11.4 Å². The molecule has 0 fully saturated rings. The number of hydrogen-bond donors (Lipinski definition) is 1. The maximum absolute atomic E-state index is 10.8. The first-order valence-corrected chi connectivity index (χ1v) is 6.22. The molecule has 0 aliphatic heterocycles. The number of ether oxygens (including phenoxy) is 1. The standard InChI is InChI=1S/C15H13N3O3/c16-9-8-11-4-6-13(7-5-11)21-10-12-2-1-3-14(15(12)17)18(19)20/h1-7H,8,10,17H2. The minimum absolute atomic E-state index is 0.114. The van der Waals surface area contributed by atoms with Gasteiger partial charge in [-0.1, -0.05) is 24.3 Å². The second-order valence-electron chi connectivity index (χ2n) is 4.37. The minimum atomic E-state index is -0.518. The highest BCUT2D eigenvalue weighted by atomic mass is 16.6. The van der Waals surface area contributed by atoms with Crippen LogP contribution < -0.4 is 10.5 Å². The number of nitriles is 1. The number of hydrogen-bond acceptors (Lipinski definition) is 5. The van der Waals surface area contributed by atoms with Gasteiger partial charge in [-0.05, 0) is 17.7 Å². The molecule has 6 heteroatoms. The van der Waals surface area contributed by atoms with Crippen LogP contribution in [0.15, 0.2) is 42.5 Å². The van der Waals surface area contributed by atoms with Crippen molar-refractivity contribution < 1.29 is 9.66 Å². The summed E-state index contributed by atoms with van der Waals surface area (Å²) in [6.07, 6.45) is 0.345. The first-order chi connectivity index (χ1) is 10.1. The van der Waals surface area contributed by atoms with E-state index in [4.69, 9.17) is 15.7 Å². The Morgan fingerprint density at radius 1 is 1.24 bits per heavy atom. The summed E-state index contributed by atoms with van der Waals surface area (Å²) >= 11 is 0. The summed E-state index contributed by atoms with van der Waals surface area (Å²) in [5, 5.41) is 19.4. The molecule has 2 N–H and O–H groups in total. The van der Waals surface area contributed by atoms with Crippen molar-refractivity contribution in [2.75, 3.05) is 5.73 Å². The number of nitro groups is 1. The average molecular weight is 283 g/mol. The van der Waals surface area contributed by atoms with Gasteiger partial charge in [-0.15, -0.1) is 0 Å². The summed E-state index contributed by atoms with van der Waals surface area (Å²) in [7, 11) is 0. The third-order valence-corrected chi connectivity index (χ3v) is 2.97. The van der Waals surface area contributed by atoms with Crippen LogP contribution in [0.5, 0.6) is 5.75 Å². The Labute approximate surface area is 121 Å². The summed E-state index contributed by atoms with van der Waals surface area (Å²) in [6, 6.07) is 13.8. The summed E-state index contributed by atoms with van der Waals surface area (Å²) in [4.78, 5) is 10.3. The van der Waals surface area contributed by atoms with Crippen molar-refractivity contribution in [2.24, 2.45) is 0 Å². The smallest absolute Gasteiger partial charge is 0.292 e. The molecule has 0 spiro atoms. The Bertz CT molecular complexity index is 690. The first-order valence-electron chi connectivity index (χ1n) is 6.22. The molecule has 0 aromatic heterocycles. The van der Waals surface area contributed by atoms with E-state index in [2.05, 4.69) is 6.07 Å². The zero-order valence-electron chi connectivity index (χ0n) is 11.2. The van der Waals surface area contributed by atoms with Crippen molar-refractivity contribution in [2.45, 2.75) is 13.0 Å². The van der Waals surface area contributed by atoms with Crippen molar-refractivity contribution in [1.82, 2.24) is 0 Å². The van der Waals surface area contributed by atoms with Gasteiger partial charge in [0.25, 0.3) is 5.69 Å². The van der Waals surface area contributed by atoms with Gasteiger partial charge in [0.05, 0.1) is 17.4 Å². The number of nitrogens with zero attached hydrogens (tertiary/aromatic N) is 2. The van der Waals surface area contributed by atoms with Crippen molar-refractivity contribution in [3.63, 3.8) is 0 Å². The lowest BCUT2D eigenvalue weighted by atomic mass is 10.1. The Balaban J connectivity index is 2.08. The van der Waals surface area contributed by atoms with Gasteiger partial charge in [0.2, 0.25) is 0 Å². The molecule has 0 saturated carbocycles. The van der Waals surface area contributed by atoms with E-state index >= 15 is 0 Å². The van der Waals surface area contributed by atoms with Crippen molar-refractivity contribution in [3.05, 3.63) is 63.7 Å². The Morgan fingerprint density at radius 3 is 2.57 bits per heavy atom. The monoisotopic (exact) mass is 283 g/mol.